The molecule has 3 unspecified atom stereocenters. The van der Waals surface area contributed by atoms with Crippen molar-refractivity contribution < 1.29 is 32.9 Å². The molecule has 0 saturated heterocycles. The van der Waals surface area contributed by atoms with Crippen LogP contribution in [0.1, 0.15) is 239 Å². The van der Waals surface area contributed by atoms with Crippen molar-refractivity contribution in [3.63, 3.8) is 0 Å². The maximum atomic E-state index is 12.7. The molecular formula is C46H95N2O6P. The van der Waals surface area contributed by atoms with Crippen LogP contribution in [0.5, 0.6) is 0 Å². The van der Waals surface area contributed by atoms with Gasteiger partial charge in [0.05, 0.1) is 39.9 Å². The number of aliphatic hydroxyl groups is 1. The quantitative estimate of drug-likeness (QED) is 0.0361. The molecule has 1 amide bonds. The van der Waals surface area contributed by atoms with Crippen LogP contribution in [-0.2, 0) is 18.4 Å². The van der Waals surface area contributed by atoms with E-state index in [9.17, 15) is 19.4 Å². The number of quaternary nitrogens is 1. The Morgan fingerprint density at radius 2 is 0.891 bits per heavy atom. The van der Waals surface area contributed by atoms with Crippen molar-refractivity contribution in [2.24, 2.45) is 0 Å². The van der Waals surface area contributed by atoms with Gasteiger partial charge >= 0.3 is 0 Å². The number of carbonyl (C=O) groups is 1. The molecule has 330 valence electrons. The molecule has 55 heavy (non-hydrogen) atoms. The number of unbranched alkanes of at least 4 members (excludes halogenated alkanes) is 31. The fourth-order valence-corrected chi connectivity index (χ4v) is 8.00. The third-order valence-electron chi connectivity index (χ3n) is 11.1. The molecular weight excluding hydrogens is 707 g/mol. The molecule has 0 heterocycles. The van der Waals surface area contributed by atoms with Gasteiger partial charge in [0.2, 0.25) is 5.91 Å². The molecule has 9 heteroatoms. The minimum Gasteiger partial charge on any atom is -0.756 e. The predicted molar refractivity (Wildman–Crippen MR) is 233 cm³/mol. The lowest BCUT2D eigenvalue weighted by molar-refractivity contribution is -0.870. The molecule has 0 radical (unpaired) electrons. The van der Waals surface area contributed by atoms with Crippen molar-refractivity contribution in [3.8, 4) is 0 Å². The molecule has 0 rings (SSSR count). The standard InChI is InChI=1S/C46H95N2O6P/c1-6-8-10-12-14-15-16-17-18-19-20-21-22-23-24-25-26-27-28-29-30-31-32-33-34-35-37-39-45(49)44(47-46(50)40-38-36-13-11-9-7-2)43-54-55(51,52)53-42-41-48(3,4)5/h44-45,49H,6-43H2,1-5H3,(H-,47,50,51,52). The zero-order chi connectivity index (χ0) is 40.7. The molecule has 2 N–H and O–H groups in total. The summed E-state index contributed by atoms with van der Waals surface area (Å²) in [4.78, 5) is 25.1. The molecule has 0 aliphatic heterocycles. The lowest BCUT2D eigenvalue weighted by Gasteiger charge is -2.30. The third-order valence-corrected chi connectivity index (χ3v) is 12.1. The highest BCUT2D eigenvalue weighted by molar-refractivity contribution is 7.45. The number of nitrogens with one attached hydrogen (secondary N) is 1. The minimum absolute atomic E-state index is 0.0154. The summed E-state index contributed by atoms with van der Waals surface area (Å²) in [6.07, 6.45) is 43.0. The summed E-state index contributed by atoms with van der Waals surface area (Å²) in [5.41, 5.74) is 0. The number of hydrogen-bond donors (Lipinski definition) is 2. The highest BCUT2D eigenvalue weighted by Crippen LogP contribution is 2.38. The first-order chi connectivity index (χ1) is 26.5. The Bertz CT molecular complexity index is 870. The average Bonchev–Trinajstić information content (AvgIpc) is 3.13. The Labute approximate surface area is 342 Å². The van der Waals surface area contributed by atoms with E-state index in [4.69, 9.17) is 9.05 Å². The van der Waals surface area contributed by atoms with Crippen LogP contribution in [0.25, 0.3) is 0 Å². The first-order valence-corrected chi connectivity index (χ1v) is 25.3. The predicted octanol–water partition coefficient (Wildman–Crippen LogP) is 12.7. The van der Waals surface area contributed by atoms with Gasteiger partial charge in [-0.05, 0) is 12.8 Å². The summed E-state index contributed by atoms with van der Waals surface area (Å²) < 4.78 is 23.2. The van der Waals surface area contributed by atoms with Gasteiger partial charge in [0.1, 0.15) is 13.2 Å². The van der Waals surface area contributed by atoms with Gasteiger partial charge in [0.15, 0.2) is 0 Å². The highest BCUT2D eigenvalue weighted by atomic mass is 31.2. The van der Waals surface area contributed by atoms with Gasteiger partial charge in [-0.25, -0.2) is 0 Å². The zero-order valence-electron chi connectivity index (χ0n) is 37.4. The topological polar surface area (TPSA) is 108 Å². The molecule has 0 spiro atoms. The molecule has 0 aliphatic rings. The Balaban J connectivity index is 3.94. The van der Waals surface area contributed by atoms with E-state index in [-0.39, 0.29) is 19.1 Å². The summed E-state index contributed by atoms with van der Waals surface area (Å²) in [5, 5.41) is 13.8. The second kappa shape index (κ2) is 39.0. The maximum absolute atomic E-state index is 12.7. The van der Waals surface area contributed by atoms with Gasteiger partial charge < -0.3 is 28.8 Å². The molecule has 8 nitrogen and oxygen atoms in total. The summed E-state index contributed by atoms with van der Waals surface area (Å²) in [7, 11) is 1.31. The largest absolute Gasteiger partial charge is 0.756 e. The van der Waals surface area contributed by atoms with Crippen molar-refractivity contribution in [3.05, 3.63) is 0 Å². The number of hydrogen-bond acceptors (Lipinski definition) is 6. The van der Waals surface area contributed by atoms with Gasteiger partial charge in [0, 0.05) is 6.42 Å². The van der Waals surface area contributed by atoms with Crippen molar-refractivity contribution >= 4 is 13.7 Å². The number of amides is 1. The molecule has 0 aliphatic carbocycles. The van der Waals surface area contributed by atoms with E-state index in [1.54, 1.807) is 0 Å². The number of phosphoric acid groups is 1. The van der Waals surface area contributed by atoms with Crippen LogP contribution in [0, 0.1) is 0 Å². The normalized spacial score (nSPS) is 14.2. The van der Waals surface area contributed by atoms with Gasteiger partial charge in [-0.3, -0.25) is 9.36 Å². The fraction of sp³-hybridized carbons (Fsp3) is 0.978. The van der Waals surface area contributed by atoms with Crippen LogP contribution in [0.2, 0.25) is 0 Å². The molecule has 0 fully saturated rings. The summed E-state index contributed by atoms with van der Waals surface area (Å²) in [5.74, 6) is -0.171. The van der Waals surface area contributed by atoms with Crippen LogP contribution < -0.4 is 10.2 Å². The van der Waals surface area contributed by atoms with E-state index in [1.165, 1.54) is 173 Å². The molecule has 0 aromatic rings. The first-order valence-electron chi connectivity index (χ1n) is 23.9. The Morgan fingerprint density at radius 1 is 0.564 bits per heavy atom. The molecule has 0 saturated carbocycles. The summed E-state index contributed by atoms with van der Waals surface area (Å²) in [6.45, 7) is 4.67. The van der Waals surface area contributed by atoms with E-state index in [0.717, 1.165) is 38.5 Å². The average molecular weight is 803 g/mol. The zero-order valence-corrected chi connectivity index (χ0v) is 38.3. The van der Waals surface area contributed by atoms with Crippen LogP contribution >= 0.6 is 7.82 Å². The van der Waals surface area contributed by atoms with Crippen molar-refractivity contribution in [1.82, 2.24) is 5.32 Å². The fourth-order valence-electron chi connectivity index (χ4n) is 7.28. The Hall–Kier alpha value is -0.500. The van der Waals surface area contributed by atoms with Crippen molar-refractivity contribution in [2.75, 3.05) is 40.9 Å². The van der Waals surface area contributed by atoms with Crippen molar-refractivity contribution in [2.45, 2.75) is 251 Å². The smallest absolute Gasteiger partial charge is 0.268 e. The van der Waals surface area contributed by atoms with E-state index >= 15 is 0 Å². The second-order valence-electron chi connectivity index (χ2n) is 17.8. The lowest BCUT2D eigenvalue weighted by atomic mass is 10.0. The number of phosphoric ester groups is 1. The van der Waals surface area contributed by atoms with Crippen LogP contribution in [0.4, 0.5) is 0 Å². The van der Waals surface area contributed by atoms with Crippen LogP contribution in [0.3, 0.4) is 0 Å². The van der Waals surface area contributed by atoms with E-state index < -0.39 is 20.0 Å². The molecule has 0 bridgehead atoms. The number of aliphatic hydroxyl groups excluding tert-OH is 1. The van der Waals surface area contributed by atoms with Crippen molar-refractivity contribution in [1.29, 1.82) is 0 Å². The summed E-state index contributed by atoms with van der Waals surface area (Å²) in [6, 6.07) is -0.791. The molecule has 0 aromatic carbocycles. The lowest BCUT2D eigenvalue weighted by Crippen LogP contribution is -2.46. The highest BCUT2D eigenvalue weighted by Gasteiger charge is 2.24. The van der Waals surface area contributed by atoms with E-state index in [1.807, 2.05) is 21.1 Å². The second-order valence-corrected chi connectivity index (χ2v) is 19.2. The number of carbonyl (C=O) groups excluding carboxylic acids is 1. The van der Waals surface area contributed by atoms with Gasteiger partial charge in [0.25, 0.3) is 7.82 Å². The first kappa shape index (κ1) is 54.5. The SMILES string of the molecule is CCCCCCCCCCCCCCCCCCCCCCCCCCCCCC(O)C(COP(=O)([O-])OCC[N+](C)(C)C)NC(=O)CCCCCCCC. The van der Waals surface area contributed by atoms with Crippen LogP contribution in [-0.4, -0.2) is 68.5 Å². The molecule has 0 aromatic heterocycles. The number of likely N-dealkylation sites (N-methyl/N-ethyl adjacent to an activating group) is 1. The van der Waals surface area contributed by atoms with E-state index in [2.05, 4.69) is 19.2 Å². The van der Waals surface area contributed by atoms with Gasteiger partial charge in [-0.2, -0.15) is 0 Å². The Morgan fingerprint density at radius 3 is 1.24 bits per heavy atom. The number of nitrogens with zero attached hydrogens (tertiary/aromatic N) is 1. The minimum atomic E-state index is -4.55. The monoisotopic (exact) mass is 803 g/mol. The summed E-state index contributed by atoms with van der Waals surface area (Å²) >= 11 is 0. The third kappa shape index (κ3) is 41.5. The van der Waals surface area contributed by atoms with E-state index in [0.29, 0.717) is 23.9 Å². The maximum Gasteiger partial charge on any atom is 0.268 e. The van der Waals surface area contributed by atoms with Gasteiger partial charge in [-0.1, -0.05) is 219 Å². The number of rotatable bonds is 44. The van der Waals surface area contributed by atoms with Gasteiger partial charge in [-0.15, -0.1) is 0 Å². The Kier molecular flexibility index (Phi) is 38.6. The van der Waals surface area contributed by atoms with Crippen LogP contribution in [0.15, 0.2) is 0 Å². The molecule has 3 atom stereocenters.